The molecule has 2 aromatic carbocycles. The number of nitrogens with one attached hydrogen (secondary N) is 1. The monoisotopic (exact) mass is 321 g/mol. The van der Waals surface area contributed by atoms with E-state index < -0.39 is 0 Å². The van der Waals surface area contributed by atoms with Gasteiger partial charge in [-0.2, -0.15) is 0 Å². The SMILES string of the molecule is O=C(Nc1nc2c(cc3c4c(cccc42)CC3)s1)c1ccno1. The third kappa shape index (κ3) is 1.88. The molecule has 2 heterocycles. The first-order chi connectivity index (χ1) is 11.3. The number of thiazole rings is 1. The molecule has 1 aliphatic carbocycles. The third-order valence-electron chi connectivity index (χ3n) is 4.23. The Bertz CT molecular complexity index is 1070. The molecule has 0 saturated heterocycles. The summed E-state index contributed by atoms with van der Waals surface area (Å²) in [5.41, 5.74) is 3.71. The third-order valence-corrected chi connectivity index (χ3v) is 5.15. The summed E-state index contributed by atoms with van der Waals surface area (Å²) < 4.78 is 5.97. The molecule has 23 heavy (non-hydrogen) atoms. The van der Waals surface area contributed by atoms with Crippen molar-refractivity contribution in [3.05, 3.63) is 53.4 Å². The Morgan fingerprint density at radius 3 is 3.00 bits per heavy atom. The van der Waals surface area contributed by atoms with Crippen LogP contribution in [0.4, 0.5) is 5.13 Å². The fraction of sp³-hybridized carbons (Fsp3) is 0.118. The molecule has 0 spiro atoms. The van der Waals surface area contributed by atoms with E-state index in [1.807, 2.05) is 0 Å². The van der Waals surface area contributed by atoms with Crippen LogP contribution in [0.25, 0.3) is 21.0 Å². The van der Waals surface area contributed by atoms with Gasteiger partial charge in [-0.05, 0) is 35.4 Å². The molecule has 0 atom stereocenters. The molecule has 5 rings (SSSR count). The molecule has 4 aromatic rings. The molecular weight excluding hydrogens is 310 g/mol. The minimum absolute atomic E-state index is 0.179. The molecule has 0 unspecified atom stereocenters. The number of rotatable bonds is 2. The number of fused-ring (bicyclic) bond motifs is 2. The largest absolute Gasteiger partial charge is 0.351 e. The van der Waals surface area contributed by atoms with Crippen molar-refractivity contribution in [2.75, 3.05) is 5.32 Å². The van der Waals surface area contributed by atoms with Crippen molar-refractivity contribution in [1.29, 1.82) is 0 Å². The lowest BCUT2D eigenvalue weighted by Gasteiger charge is -2.02. The smallest absolute Gasteiger partial charge is 0.296 e. The van der Waals surface area contributed by atoms with Crippen molar-refractivity contribution in [3.63, 3.8) is 0 Å². The number of amides is 1. The fourth-order valence-electron chi connectivity index (χ4n) is 3.25. The Kier molecular flexibility index (Phi) is 2.57. The van der Waals surface area contributed by atoms with Gasteiger partial charge >= 0.3 is 0 Å². The minimum Gasteiger partial charge on any atom is -0.351 e. The summed E-state index contributed by atoms with van der Waals surface area (Å²) in [6.07, 6.45) is 3.61. The van der Waals surface area contributed by atoms with Crippen LogP contribution in [0.5, 0.6) is 0 Å². The van der Waals surface area contributed by atoms with E-state index in [9.17, 15) is 4.79 Å². The zero-order chi connectivity index (χ0) is 15.4. The lowest BCUT2D eigenvalue weighted by atomic mass is 10.0. The second-order valence-electron chi connectivity index (χ2n) is 5.57. The second kappa shape index (κ2) is 4.63. The highest BCUT2D eigenvalue weighted by Crippen LogP contribution is 2.39. The summed E-state index contributed by atoms with van der Waals surface area (Å²) in [5.74, 6) is -0.155. The summed E-state index contributed by atoms with van der Waals surface area (Å²) in [5, 5.41) is 9.41. The number of carbonyl (C=O) groups is 1. The van der Waals surface area contributed by atoms with Gasteiger partial charge in [-0.15, -0.1) is 0 Å². The van der Waals surface area contributed by atoms with Crippen LogP contribution in [0, 0.1) is 0 Å². The van der Waals surface area contributed by atoms with Crippen molar-refractivity contribution in [1.82, 2.24) is 10.1 Å². The summed E-state index contributed by atoms with van der Waals surface area (Å²) in [7, 11) is 0. The number of carbonyl (C=O) groups excluding carboxylic acids is 1. The number of hydrogen-bond acceptors (Lipinski definition) is 5. The Balaban J connectivity index is 1.64. The topological polar surface area (TPSA) is 68.0 Å². The van der Waals surface area contributed by atoms with Crippen molar-refractivity contribution in [2.24, 2.45) is 0 Å². The molecule has 0 bridgehead atoms. The van der Waals surface area contributed by atoms with Crippen LogP contribution in [0.1, 0.15) is 21.7 Å². The molecule has 0 radical (unpaired) electrons. The van der Waals surface area contributed by atoms with Gasteiger partial charge in [0, 0.05) is 11.5 Å². The second-order valence-corrected chi connectivity index (χ2v) is 6.60. The van der Waals surface area contributed by atoms with Crippen LogP contribution in [0.2, 0.25) is 0 Å². The van der Waals surface area contributed by atoms with Crippen molar-refractivity contribution < 1.29 is 9.32 Å². The maximum absolute atomic E-state index is 12.1. The predicted molar refractivity (Wildman–Crippen MR) is 89.0 cm³/mol. The van der Waals surface area contributed by atoms with Crippen LogP contribution < -0.4 is 5.32 Å². The number of anilines is 1. The van der Waals surface area contributed by atoms with E-state index in [1.54, 1.807) is 0 Å². The zero-order valence-electron chi connectivity index (χ0n) is 12.0. The molecule has 1 N–H and O–H groups in total. The number of nitrogens with zero attached hydrogens (tertiary/aromatic N) is 2. The summed E-state index contributed by atoms with van der Waals surface area (Å²) in [4.78, 5) is 16.7. The first-order valence-corrected chi connectivity index (χ1v) is 8.17. The average Bonchev–Trinajstić information content (AvgIpc) is 3.27. The van der Waals surface area contributed by atoms with Crippen LogP contribution in [-0.2, 0) is 12.8 Å². The summed E-state index contributed by atoms with van der Waals surface area (Å²) in [6, 6.07) is 10.1. The van der Waals surface area contributed by atoms with Gasteiger partial charge in [-0.25, -0.2) is 4.98 Å². The van der Waals surface area contributed by atoms with E-state index in [0.29, 0.717) is 5.13 Å². The number of hydrogen-bond donors (Lipinski definition) is 1. The summed E-state index contributed by atoms with van der Waals surface area (Å²) >= 11 is 1.49. The number of aryl methyl sites for hydroxylation is 2. The highest BCUT2D eigenvalue weighted by molar-refractivity contribution is 7.22. The van der Waals surface area contributed by atoms with Crippen LogP contribution >= 0.6 is 11.3 Å². The first-order valence-electron chi connectivity index (χ1n) is 7.35. The van der Waals surface area contributed by atoms with Gasteiger partial charge in [0.2, 0.25) is 5.76 Å². The molecule has 0 saturated carbocycles. The average molecular weight is 321 g/mol. The fourth-order valence-corrected chi connectivity index (χ4v) is 4.19. The molecular formula is C17H11N3O2S. The molecule has 0 aliphatic heterocycles. The van der Waals surface area contributed by atoms with E-state index >= 15 is 0 Å². The standard InChI is InChI=1S/C17H11N3O2S/c21-16(12-6-7-18-22-12)20-17-19-15-11-3-1-2-9-4-5-10(14(9)11)8-13(15)23-17/h1-3,6-8H,4-5H2,(H,19,20,21). The Labute approximate surface area is 134 Å². The van der Waals surface area contributed by atoms with Crippen LogP contribution in [-0.4, -0.2) is 16.0 Å². The molecule has 1 aliphatic rings. The van der Waals surface area contributed by atoms with E-state index in [0.717, 1.165) is 23.1 Å². The van der Waals surface area contributed by atoms with Gasteiger partial charge < -0.3 is 4.52 Å². The van der Waals surface area contributed by atoms with Crippen molar-refractivity contribution >= 4 is 43.4 Å². The predicted octanol–water partition coefficient (Wildman–Crippen LogP) is 3.79. The van der Waals surface area contributed by atoms with Crippen LogP contribution in [0.15, 0.2) is 41.1 Å². The highest BCUT2D eigenvalue weighted by Gasteiger charge is 2.19. The van der Waals surface area contributed by atoms with Gasteiger partial charge in [0.1, 0.15) is 0 Å². The molecule has 6 heteroatoms. The number of aromatic nitrogens is 2. The van der Waals surface area contributed by atoms with Gasteiger partial charge in [0.25, 0.3) is 5.91 Å². The van der Waals surface area contributed by atoms with Gasteiger partial charge in [0.05, 0.1) is 16.4 Å². The molecule has 2 aromatic heterocycles. The Morgan fingerprint density at radius 2 is 2.13 bits per heavy atom. The maximum atomic E-state index is 12.1. The first kappa shape index (κ1) is 12.8. The highest BCUT2D eigenvalue weighted by atomic mass is 32.1. The van der Waals surface area contributed by atoms with E-state index in [1.165, 1.54) is 45.5 Å². The lowest BCUT2D eigenvalue weighted by Crippen LogP contribution is -2.10. The van der Waals surface area contributed by atoms with Crippen molar-refractivity contribution in [3.8, 4) is 0 Å². The normalized spacial score (nSPS) is 13.0. The lowest BCUT2D eigenvalue weighted by molar-refractivity contribution is 0.0988. The maximum Gasteiger partial charge on any atom is 0.296 e. The van der Waals surface area contributed by atoms with Gasteiger partial charge in [-0.3, -0.25) is 10.1 Å². The molecule has 0 fully saturated rings. The van der Waals surface area contributed by atoms with Crippen molar-refractivity contribution in [2.45, 2.75) is 12.8 Å². The van der Waals surface area contributed by atoms with E-state index in [4.69, 9.17) is 4.52 Å². The molecule has 112 valence electrons. The van der Waals surface area contributed by atoms with Gasteiger partial charge in [-0.1, -0.05) is 34.7 Å². The molecule has 1 amide bonds. The summed E-state index contributed by atoms with van der Waals surface area (Å²) in [6.45, 7) is 0. The van der Waals surface area contributed by atoms with Crippen LogP contribution in [0.3, 0.4) is 0 Å². The Morgan fingerprint density at radius 1 is 1.22 bits per heavy atom. The van der Waals surface area contributed by atoms with Gasteiger partial charge in [0.15, 0.2) is 5.13 Å². The quantitative estimate of drug-likeness (QED) is 0.610. The molecule has 5 nitrogen and oxygen atoms in total. The minimum atomic E-state index is -0.334. The van der Waals surface area contributed by atoms with E-state index in [-0.39, 0.29) is 11.7 Å². The number of benzene rings is 2. The Hall–Kier alpha value is -2.73. The van der Waals surface area contributed by atoms with E-state index in [2.05, 4.69) is 39.7 Å². The zero-order valence-corrected chi connectivity index (χ0v) is 12.8.